The Kier molecular flexibility index (Phi) is 3.65. The van der Waals surface area contributed by atoms with Crippen molar-refractivity contribution in [3.8, 4) is 0 Å². The Labute approximate surface area is 138 Å². The minimum atomic E-state index is -0.449. The number of likely N-dealkylation sites (tertiary alicyclic amines) is 1. The molecule has 0 radical (unpaired) electrons. The van der Waals surface area contributed by atoms with E-state index in [1.807, 2.05) is 28.5 Å². The third kappa shape index (κ3) is 2.55. The molecule has 1 amide bonds. The van der Waals surface area contributed by atoms with Crippen molar-refractivity contribution in [3.05, 3.63) is 57.8 Å². The fourth-order valence-corrected chi connectivity index (χ4v) is 4.23. The van der Waals surface area contributed by atoms with Gasteiger partial charge < -0.3 is 9.64 Å². The second-order valence-corrected chi connectivity index (χ2v) is 6.77. The Morgan fingerprint density at radius 3 is 3.00 bits per heavy atom. The molecular formula is C18H17NO3S. The molecule has 0 unspecified atom stereocenters. The number of nitrogens with zero attached hydrogens (tertiary/aromatic N) is 1. The van der Waals surface area contributed by atoms with Crippen LogP contribution in [0.5, 0.6) is 0 Å². The van der Waals surface area contributed by atoms with E-state index in [-0.39, 0.29) is 24.3 Å². The molecule has 1 fully saturated rings. The number of cyclic esters (lactones) is 1. The van der Waals surface area contributed by atoms with Gasteiger partial charge in [0.1, 0.15) is 6.10 Å². The number of hydrogen-bond acceptors (Lipinski definition) is 4. The quantitative estimate of drug-likeness (QED) is 0.807. The highest BCUT2D eigenvalue weighted by Crippen LogP contribution is 2.37. The summed E-state index contributed by atoms with van der Waals surface area (Å²) in [6, 6.07) is 9.58. The SMILES string of the molecule is O=C1O[C@H](CC(=O)N2CCC[C@@H]2c2ccsc2)c2ccccc21. The molecule has 1 saturated heterocycles. The van der Waals surface area contributed by atoms with E-state index in [1.54, 1.807) is 17.4 Å². The number of fused-ring (bicyclic) bond motifs is 1. The van der Waals surface area contributed by atoms with Gasteiger partial charge in [0.05, 0.1) is 18.0 Å². The first kappa shape index (κ1) is 14.5. The maximum Gasteiger partial charge on any atom is 0.339 e. The lowest BCUT2D eigenvalue weighted by Crippen LogP contribution is -2.31. The molecule has 2 aliphatic heterocycles. The van der Waals surface area contributed by atoms with Gasteiger partial charge in [0, 0.05) is 12.1 Å². The predicted octanol–water partition coefficient (Wildman–Crippen LogP) is 3.71. The normalized spacial score (nSPS) is 23.0. The van der Waals surface area contributed by atoms with E-state index in [9.17, 15) is 9.59 Å². The Balaban J connectivity index is 1.51. The van der Waals surface area contributed by atoms with Gasteiger partial charge in [-0.3, -0.25) is 4.79 Å². The molecule has 4 nitrogen and oxygen atoms in total. The molecule has 4 rings (SSSR count). The van der Waals surface area contributed by atoms with E-state index >= 15 is 0 Å². The number of thiophene rings is 1. The monoisotopic (exact) mass is 327 g/mol. The fourth-order valence-electron chi connectivity index (χ4n) is 3.52. The van der Waals surface area contributed by atoms with Crippen LogP contribution in [0.15, 0.2) is 41.1 Å². The zero-order valence-corrected chi connectivity index (χ0v) is 13.4. The average Bonchev–Trinajstić information content (AvgIpc) is 3.28. The van der Waals surface area contributed by atoms with Gasteiger partial charge in [-0.15, -0.1) is 0 Å². The first-order valence-corrected chi connectivity index (χ1v) is 8.80. The number of amides is 1. The summed E-state index contributed by atoms with van der Waals surface area (Å²) in [6.45, 7) is 0.779. The molecule has 23 heavy (non-hydrogen) atoms. The average molecular weight is 327 g/mol. The molecule has 1 aromatic carbocycles. The summed E-state index contributed by atoms with van der Waals surface area (Å²) in [6.07, 6.45) is 1.80. The molecule has 2 atom stereocenters. The molecule has 0 bridgehead atoms. The number of ether oxygens (including phenoxy) is 1. The van der Waals surface area contributed by atoms with E-state index in [2.05, 4.69) is 11.4 Å². The molecule has 1 aromatic heterocycles. The van der Waals surface area contributed by atoms with Crippen LogP contribution in [-0.4, -0.2) is 23.3 Å². The molecule has 118 valence electrons. The van der Waals surface area contributed by atoms with Gasteiger partial charge in [0.15, 0.2) is 0 Å². The summed E-state index contributed by atoms with van der Waals surface area (Å²) >= 11 is 1.66. The van der Waals surface area contributed by atoms with Crippen LogP contribution in [0.2, 0.25) is 0 Å². The van der Waals surface area contributed by atoms with Crippen molar-refractivity contribution >= 4 is 23.2 Å². The molecule has 0 aliphatic carbocycles. The molecule has 2 aliphatic rings. The summed E-state index contributed by atoms with van der Waals surface area (Å²) in [7, 11) is 0. The Morgan fingerprint density at radius 1 is 1.30 bits per heavy atom. The van der Waals surface area contributed by atoms with Crippen LogP contribution in [0.4, 0.5) is 0 Å². The van der Waals surface area contributed by atoms with E-state index < -0.39 is 6.10 Å². The minimum absolute atomic E-state index is 0.0632. The van der Waals surface area contributed by atoms with Crippen molar-refractivity contribution in [2.75, 3.05) is 6.54 Å². The van der Waals surface area contributed by atoms with Crippen LogP contribution in [0.3, 0.4) is 0 Å². The highest BCUT2D eigenvalue weighted by Gasteiger charge is 2.36. The van der Waals surface area contributed by atoms with Gasteiger partial charge >= 0.3 is 5.97 Å². The first-order chi connectivity index (χ1) is 11.2. The lowest BCUT2D eigenvalue weighted by Gasteiger charge is -2.25. The Hall–Kier alpha value is -2.14. The molecular weight excluding hydrogens is 310 g/mol. The summed E-state index contributed by atoms with van der Waals surface area (Å²) in [4.78, 5) is 26.6. The first-order valence-electron chi connectivity index (χ1n) is 7.85. The Bertz CT molecular complexity index is 740. The van der Waals surface area contributed by atoms with E-state index in [1.165, 1.54) is 5.56 Å². The van der Waals surface area contributed by atoms with Crippen molar-refractivity contribution < 1.29 is 14.3 Å². The van der Waals surface area contributed by atoms with Crippen LogP contribution >= 0.6 is 11.3 Å². The second kappa shape index (κ2) is 5.81. The summed E-state index contributed by atoms with van der Waals surface area (Å²) < 4.78 is 5.40. The third-order valence-corrected chi connectivity index (χ3v) is 5.34. The molecule has 5 heteroatoms. The number of carbonyl (C=O) groups excluding carboxylic acids is 2. The zero-order chi connectivity index (χ0) is 15.8. The molecule has 2 aromatic rings. The van der Waals surface area contributed by atoms with Crippen LogP contribution in [-0.2, 0) is 9.53 Å². The van der Waals surface area contributed by atoms with Gasteiger partial charge in [-0.2, -0.15) is 11.3 Å². The molecule has 3 heterocycles. The Morgan fingerprint density at radius 2 is 2.17 bits per heavy atom. The fraction of sp³-hybridized carbons (Fsp3) is 0.333. The van der Waals surface area contributed by atoms with Gasteiger partial charge in [-0.05, 0) is 41.3 Å². The van der Waals surface area contributed by atoms with Gasteiger partial charge in [-0.25, -0.2) is 4.79 Å². The smallest absolute Gasteiger partial charge is 0.339 e. The molecule has 0 saturated carbocycles. The van der Waals surface area contributed by atoms with Gasteiger partial charge in [0.2, 0.25) is 5.91 Å². The van der Waals surface area contributed by atoms with Crippen molar-refractivity contribution in [1.82, 2.24) is 4.90 Å². The molecule has 0 spiro atoms. The maximum atomic E-state index is 12.8. The summed E-state index contributed by atoms with van der Waals surface area (Å²) in [5.74, 6) is -0.262. The summed E-state index contributed by atoms with van der Waals surface area (Å²) in [5.41, 5.74) is 2.63. The topological polar surface area (TPSA) is 46.6 Å². The van der Waals surface area contributed by atoms with Crippen molar-refractivity contribution in [2.45, 2.75) is 31.4 Å². The standard InChI is InChI=1S/C18H17NO3S/c20-17(19-8-3-6-15(19)12-7-9-23-11-12)10-16-13-4-1-2-5-14(13)18(21)22-16/h1-2,4-5,7,9,11,15-16H,3,6,8,10H2/t15-,16-/m1/s1. The summed E-state index contributed by atoms with van der Waals surface area (Å²) in [5, 5.41) is 4.16. The highest BCUT2D eigenvalue weighted by molar-refractivity contribution is 7.08. The third-order valence-electron chi connectivity index (χ3n) is 4.64. The maximum absolute atomic E-state index is 12.8. The lowest BCUT2D eigenvalue weighted by atomic mass is 10.0. The number of hydrogen-bond donors (Lipinski definition) is 0. The van der Waals surface area contributed by atoms with Crippen LogP contribution in [0, 0.1) is 0 Å². The highest BCUT2D eigenvalue weighted by atomic mass is 32.1. The van der Waals surface area contributed by atoms with Crippen LogP contribution < -0.4 is 0 Å². The van der Waals surface area contributed by atoms with Gasteiger partial charge in [0.25, 0.3) is 0 Å². The predicted molar refractivity (Wildman–Crippen MR) is 87.2 cm³/mol. The number of benzene rings is 1. The second-order valence-electron chi connectivity index (χ2n) is 5.99. The van der Waals surface area contributed by atoms with Gasteiger partial charge in [-0.1, -0.05) is 18.2 Å². The number of carbonyl (C=O) groups is 2. The van der Waals surface area contributed by atoms with Crippen molar-refractivity contribution in [3.63, 3.8) is 0 Å². The zero-order valence-electron chi connectivity index (χ0n) is 12.6. The largest absolute Gasteiger partial charge is 0.453 e. The van der Waals surface area contributed by atoms with Crippen molar-refractivity contribution in [2.24, 2.45) is 0 Å². The number of rotatable bonds is 3. The molecule has 0 N–H and O–H groups in total. The van der Waals surface area contributed by atoms with E-state index in [0.717, 1.165) is 24.9 Å². The van der Waals surface area contributed by atoms with Crippen LogP contribution in [0.1, 0.15) is 52.9 Å². The minimum Gasteiger partial charge on any atom is -0.453 e. The van der Waals surface area contributed by atoms with Crippen LogP contribution in [0.25, 0.3) is 0 Å². The lowest BCUT2D eigenvalue weighted by molar-refractivity contribution is -0.134. The van der Waals surface area contributed by atoms with E-state index in [4.69, 9.17) is 4.74 Å². The van der Waals surface area contributed by atoms with Crippen molar-refractivity contribution in [1.29, 1.82) is 0 Å². The number of esters is 1. The van der Waals surface area contributed by atoms with E-state index in [0.29, 0.717) is 5.56 Å².